The van der Waals surface area contributed by atoms with Crippen molar-refractivity contribution in [3.63, 3.8) is 0 Å². The van der Waals surface area contributed by atoms with Crippen molar-refractivity contribution in [3.05, 3.63) is 95.6 Å². The van der Waals surface area contributed by atoms with E-state index < -0.39 is 5.91 Å². The van der Waals surface area contributed by atoms with Crippen LogP contribution in [0.15, 0.2) is 78.9 Å². The number of hydrogen-bond donors (Lipinski definition) is 2. The average Bonchev–Trinajstić information content (AvgIpc) is 2.63. The third kappa shape index (κ3) is 4.09. The third-order valence-corrected chi connectivity index (χ3v) is 3.90. The minimum atomic E-state index is -0.396. The van der Waals surface area contributed by atoms with Crippen molar-refractivity contribution < 1.29 is 4.79 Å². The van der Waals surface area contributed by atoms with Crippen LogP contribution >= 0.6 is 0 Å². The second-order valence-electron chi connectivity index (χ2n) is 5.73. The van der Waals surface area contributed by atoms with Gasteiger partial charge in [-0.2, -0.15) is 0 Å². The van der Waals surface area contributed by atoms with E-state index in [2.05, 4.69) is 41.7 Å². The largest absolute Gasteiger partial charge is 0.366 e. The van der Waals surface area contributed by atoms with Gasteiger partial charge < -0.3 is 11.1 Å². The first-order chi connectivity index (χ1) is 11.7. The molecule has 0 atom stereocenters. The number of nitrogens with two attached hydrogens (primary N) is 1. The van der Waals surface area contributed by atoms with E-state index in [1.54, 1.807) is 6.07 Å². The zero-order chi connectivity index (χ0) is 16.8. The monoisotopic (exact) mass is 316 g/mol. The molecule has 0 aliphatic carbocycles. The first-order valence-corrected chi connectivity index (χ1v) is 7.96. The Kier molecular flexibility index (Phi) is 5.04. The molecule has 0 unspecified atom stereocenters. The molecule has 0 fully saturated rings. The van der Waals surface area contributed by atoms with Crippen LogP contribution in [0.1, 0.15) is 21.5 Å². The van der Waals surface area contributed by atoms with Gasteiger partial charge in [-0.25, -0.2) is 0 Å². The van der Waals surface area contributed by atoms with Gasteiger partial charge in [0, 0.05) is 18.7 Å². The molecule has 0 spiro atoms. The first kappa shape index (κ1) is 16.0. The fraction of sp³-hybridized carbons (Fsp3) is 0.0952. The second-order valence-corrected chi connectivity index (χ2v) is 5.73. The summed E-state index contributed by atoms with van der Waals surface area (Å²) in [6.07, 6.45) is 0. The van der Waals surface area contributed by atoms with Crippen LogP contribution in [0.3, 0.4) is 0 Å². The zero-order valence-electron chi connectivity index (χ0n) is 13.4. The van der Waals surface area contributed by atoms with E-state index in [0.717, 1.165) is 12.1 Å². The van der Waals surface area contributed by atoms with E-state index in [0.29, 0.717) is 12.1 Å². The molecule has 120 valence electrons. The van der Waals surface area contributed by atoms with Crippen LogP contribution in [0, 0.1) is 0 Å². The number of primary amides is 1. The normalized spacial score (nSPS) is 10.5. The Hall–Kier alpha value is -2.91. The van der Waals surface area contributed by atoms with Crippen molar-refractivity contribution in [2.45, 2.75) is 13.1 Å². The van der Waals surface area contributed by atoms with Crippen LogP contribution in [0.25, 0.3) is 11.1 Å². The highest BCUT2D eigenvalue weighted by Crippen LogP contribution is 2.20. The molecule has 0 heterocycles. The molecule has 3 heteroatoms. The number of hydrogen-bond acceptors (Lipinski definition) is 2. The lowest BCUT2D eigenvalue weighted by atomic mass is 10.0. The van der Waals surface area contributed by atoms with Gasteiger partial charge in [0.2, 0.25) is 5.91 Å². The van der Waals surface area contributed by atoms with Crippen molar-refractivity contribution in [1.29, 1.82) is 0 Å². The molecule has 0 saturated carbocycles. The third-order valence-electron chi connectivity index (χ3n) is 3.90. The number of carbonyl (C=O) groups excluding carboxylic acids is 1. The molecular weight excluding hydrogens is 296 g/mol. The highest BCUT2D eigenvalue weighted by molar-refractivity contribution is 5.92. The first-order valence-electron chi connectivity index (χ1n) is 7.96. The smallest absolute Gasteiger partial charge is 0.248 e. The molecule has 3 N–H and O–H groups in total. The number of rotatable bonds is 6. The van der Waals surface area contributed by atoms with Gasteiger partial charge in [0.25, 0.3) is 0 Å². The van der Waals surface area contributed by atoms with Gasteiger partial charge in [-0.1, -0.05) is 60.7 Å². The van der Waals surface area contributed by atoms with Crippen LogP contribution < -0.4 is 11.1 Å². The van der Waals surface area contributed by atoms with Crippen LogP contribution in [0.2, 0.25) is 0 Å². The van der Waals surface area contributed by atoms with Gasteiger partial charge in [0.05, 0.1) is 0 Å². The van der Waals surface area contributed by atoms with Crippen molar-refractivity contribution in [1.82, 2.24) is 5.32 Å². The maximum atomic E-state index is 11.2. The predicted octanol–water partition coefficient (Wildman–Crippen LogP) is 3.74. The predicted molar refractivity (Wildman–Crippen MR) is 97.4 cm³/mol. The highest BCUT2D eigenvalue weighted by atomic mass is 16.1. The Morgan fingerprint density at radius 1 is 0.750 bits per heavy atom. The van der Waals surface area contributed by atoms with Crippen LogP contribution in [-0.2, 0) is 13.1 Å². The average molecular weight is 316 g/mol. The zero-order valence-corrected chi connectivity index (χ0v) is 13.4. The molecular formula is C21H20N2O. The summed E-state index contributed by atoms with van der Waals surface area (Å²) >= 11 is 0. The summed E-state index contributed by atoms with van der Waals surface area (Å²) in [5.74, 6) is -0.396. The summed E-state index contributed by atoms with van der Waals surface area (Å²) in [5, 5.41) is 3.41. The van der Waals surface area contributed by atoms with Crippen molar-refractivity contribution in [2.75, 3.05) is 0 Å². The van der Waals surface area contributed by atoms with Crippen LogP contribution in [0.4, 0.5) is 0 Å². The maximum Gasteiger partial charge on any atom is 0.248 e. The maximum absolute atomic E-state index is 11.2. The fourth-order valence-corrected chi connectivity index (χ4v) is 2.68. The Morgan fingerprint density at radius 3 is 2.08 bits per heavy atom. The van der Waals surface area contributed by atoms with E-state index in [4.69, 9.17) is 5.73 Å². The van der Waals surface area contributed by atoms with E-state index in [9.17, 15) is 4.79 Å². The molecule has 0 aromatic heterocycles. The van der Waals surface area contributed by atoms with Gasteiger partial charge in [0.1, 0.15) is 0 Å². The number of nitrogens with one attached hydrogen (secondary N) is 1. The van der Waals surface area contributed by atoms with E-state index in [1.165, 1.54) is 16.7 Å². The molecule has 3 nitrogen and oxygen atoms in total. The quantitative estimate of drug-likeness (QED) is 0.728. The van der Waals surface area contributed by atoms with Crippen LogP contribution in [0.5, 0.6) is 0 Å². The molecule has 24 heavy (non-hydrogen) atoms. The molecule has 3 rings (SSSR count). The summed E-state index contributed by atoms with van der Waals surface area (Å²) in [7, 11) is 0. The second kappa shape index (κ2) is 7.57. The van der Waals surface area contributed by atoms with E-state index in [1.807, 2.05) is 36.4 Å². The standard InChI is InChI=1S/C21H20N2O/c22-21(24)20-11-5-7-17(13-20)15-23-14-16-6-4-10-19(12-16)18-8-2-1-3-9-18/h1-13,23H,14-15H2,(H2,22,24). The molecule has 0 radical (unpaired) electrons. The Labute approximate surface area is 142 Å². The summed E-state index contributed by atoms with van der Waals surface area (Å²) in [6, 6.07) is 26.2. The van der Waals surface area contributed by atoms with E-state index >= 15 is 0 Å². The van der Waals surface area contributed by atoms with Crippen molar-refractivity contribution >= 4 is 5.91 Å². The molecule has 3 aromatic carbocycles. The lowest BCUT2D eigenvalue weighted by molar-refractivity contribution is 0.1000. The fourth-order valence-electron chi connectivity index (χ4n) is 2.68. The summed E-state index contributed by atoms with van der Waals surface area (Å²) < 4.78 is 0. The highest BCUT2D eigenvalue weighted by Gasteiger charge is 2.02. The number of benzene rings is 3. The van der Waals surface area contributed by atoms with Gasteiger partial charge in [0.15, 0.2) is 0 Å². The minimum Gasteiger partial charge on any atom is -0.366 e. The van der Waals surface area contributed by atoms with Crippen molar-refractivity contribution in [2.24, 2.45) is 5.73 Å². The number of amides is 1. The summed E-state index contributed by atoms with van der Waals surface area (Å²) in [5.41, 5.74) is 10.6. The molecule has 1 amide bonds. The van der Waals surface area contributed by atoms with Gasteiger partial charge in [-0.15, -0.1) is 0 Å². The molecule has 3 aromatic rings. The van der Waals surface area contributed by atoms with Gasteiger partial charge >= 0.3 is 0 Å². The van der Waals surface area contributed by atoms with E-state index in [-0.39, 0.29) is 0 Å². The lowest BCUT2D eigenvalue weighted by Crippen LogP contribution is -2.15. The van der Waals surface area contributed by atoms with Gasteiger partial charge in [-0.05, 0) is 40.5 Å². The van der Waals surface area contributed by atoms with Gasteiger partial charge in [-0.3, -0.25) is 4.79 Å². The minimum absolute atomic E-state index is 0.396. The molecule has 0 bridgehead atoms. The summed E-state index contributed by atoms with van der Waals surface area (Å²) in [4.78, 5) is 11.2. The molecule has 0 saturated heterocycles. The lowest BCUT2D eigenvalue weighted by Gasteiger charge is -2.08. The molecule has 0 aliphatic heterocycles. The Morgan fingerprint density at radius 2 is 1.38 bits per heavy atom. The van der Waals surface area contributed by atoms with Crippen LogP contribution in [-0.4, -0.2) is 5.91 Å². The summed E-state index contributed by atoms with van der Waals surface area (Å²) in [6.45, 7) is 1.46. The Bertz CT molecular complexity index is 828. The SMILES string of the molecule is NC(=O)c1cccc(CNCc2cccc(-c3ccccc3)c2)c1. The number of carbonyl (C=O) groups is 1. The Balaban J connectivity index is 1.63. The van der Waals surface area contributed by atoms with Crippen molar-refractivity contribution in [3.8, 4) is 11.1 Å². The topological polar surface area (TPSA) is 55.1 Å². The molecule has 0 aliphatic rings.